The average Bonchev–Trinajstić information content (AvgIpc) is 3.35. The Kier molecular flexibility index (Phi) is 5.58. The molecular formula is C22H22N2O4S. The molecule has 2 aliphatic rings. The van der Waals surface area contributed by atoms with Gasteiger partial charge in [-0.1, -0.05) is 24.3 Å². The van der Waals surface area contributed by atoms with E-state index in [2.05, 4.69) is 0 Å². The molecule has 0 unspecified atom stereocenters. The maximum atomic E-state index is 12.5. The third-order valence-electron chi connectivity index (χ3n) is 5.35. The molecule has 0 aromatic heterocycles. The monoisotopic (exact) mass is 410 g/mol. The van der Waals surface area contributed by atoms with Crippen molar-refractivity contribution >= 4 is 40.9 Å². The van der Waals surface area contributed by atoms with E-state index in [0.717, 1.165) is 28.3 Å². The second kappa shape index (κ2) is 8.29. The number of anilines is 2. The molecule has 0 aliphatic carbocycles. The molecule has 2 aliphatic heterocycles. The second-order valence-electron chi connectivity index (χ2n) is 7.14. The predicted molar refractivity (Wildman–Crippen MR) is 112 cm³/mol. The topological polar surface area (TPSA) is 66.9 Å². The van der Waals surface area contributed by atoms with Crippen LogP contribution in [0.3, 0.4) is 0 Å². The van der Waals surface area contributed by atoms with E-state index >= 15 is 0 Å². The third-order valence-corrected chi connectivity index (χ3v) is 6.07. The number of nitrogens with zero attached hydrogens (tertiary/aromatic N) is 2. The van der Waals surface area contributed by atoms with Gasteiger partial charge in [0.2, 0.25) is 5.91 Å². The number of para-hydroxylation sites is 1. The minimum Gasteiger partial charge on any atom is -0.455 e. The van der Waals surface area contributed by atoms with Crippen LogP contribution in [0.4, 0.5) is 11.4 Å². The van der Waals surface area contributed by atoms with E-state index < -0.39 is 11.9 Å². The van der Waals surface area contributed by atoms with Crippen LogP contribution >= 0.6 is 11.8 Å². The van der Waals surface area contributed by atoms with Crippen LogP contribution in [0.15, 0.2) is 53.4 Å². The molecule has 0 N–H and O–H groups in total. The lowest BCUT2D eigenvalue weighted by atomic mass is 10.1. The Balaban J connectivity index is 1.35. The molecule has 0 spiro atoms. The van der Waals surface area contributed by atoms with Crippen LogP contribution in [0.5, 0.6) is 0 Å². The first-order chi connectivity index (χ1) is 14.1. The van der Waals surface area contributed by atoms with Gasteiger partial charge >= 0.3 is 5.97 Å². The Bertz CT molecular complexity index is 961. The minimum atomic E-state index is -0.556. The second-order valence-corrected chi connectivity index (χ2v) is 8.02. The Hall–Kier alpha value is -2.80. The zero-order valence-electron chi connectivity index (χ0n) is 16.2. The number of hydrogen-bond acceptors (Lipinski definition) is 5. The number of benzene rings is 2. The number of ether oxygens (including phenoxy) is 1. The molecule has 4 rings (SSSR count). The van der Waals surface area contributed by atoms with Gasteiger partial charge in [-0.2, -0.15) is 0 Å². The summed E-state index contributed by atoms with van der Waals surface area (Å²) in [6, 6.07) is 15.4. The number of amides is 2. The molecule has 29 heavy (non-hydrogen) atoms. The van der Waals surface area contributed by atoms with E-state index in [4.69, 9.17) is 4.74 Å². The number of thioether (sulfide) groups is 1. The fourth-order valence-corrected chi connectivity index (χ4v) is 4.27. The van der Waals surface area contributed by atoms with Crippen LogP contribution < -0.4 is 9.80 Å². The number of fused-ring (bicyclic) bond motifs is 1. The van der Waals surface area contributed by atoms with Crippen LogP contribution in [0.25, 0.3) is 0 Å². The van der Waals surface area contributed by atoms with Crippen molar-refractivity contribution in [3.8, 4) is 0 Å². The van der Waals surface area contributed by atoms with E-state index in [1.54, 1.807) is 21.6 Å². The molecule has 6 nitrogen and oxygen atoms in total. The van der Waals surface area contributed by atoms with Crippen molar-refractivity contribution < 1.29 is 19.1 Å². The summed E-state index contributed by atoms with van der Waals surface area (Å²) in [5, 5.41) is 0. The first-order valence-corrected chi connectivity index (χ1v) is 10.8. The van der Waals surface area contributed by atoms with Gasteiger partial charge < -0.3 is 14.5 Å². The van der Waals surface area contributed by atoms with Crippen molar-refractivity contribution in [1.29, 1.82) is 0 Å². The van der Waals surface area contributed by atoms with Gasteiger partial charge in [-0.25, -0.2) is 0 Å². The van der Waals surface area contributed by atoms with E-state index in [0.29, 0.717) is 6.54 Å². The fourth-order valence-electron chi connectivity index (χ4n) is 3.82. The largest absolute Gasteiger partial charge is 0.455 e. The molecule has 1 atom stereocenters. The highest BCUT2D eigenvalue weighted by molar-refractivity contribution is 7.98. The molecule has 7 heteroatoms. The highest BCUT2D eigenvalue weighted by Crippen LogP contribution is 2.29. The first kappa shape index (κ1) is 19.5. The Labute approximate surface area is 173 Å². The lowest BCUT2D eigenvalue weighted by molar-refractivity contribution is -0.151. The van der Waals surface area contributed by atoms with Gasteiger partial charge in [0.25, 0.3) is 5.91 Å². The van der Waals surface area contributed by atoms with Gasteiger partial charge in [0, 0.05) is 35.8 Å². The summed E-state index contributed by atoms with van der Waals surface area (Å²) in [6.07, 6.45) is 2.88. The van der Waals surface area contributed by atoms with Gasteiger partial charge in [0.1, 0.15) is 0 Å². The van der Waals surface area contributed by atoms with E-state index in [1.165, 1.54) is 0 Å². The van der Waals surface area contributed by atoms with Gasteiger partial charge in [-0.15, -0.1) is 11.8 Å². The molecule has 150 valence electrons. The van der Waals surface area contributed by atoms with E-state index in [9.17, 15) is 14.4 Å². The summed E-state index contributed by atoms with van der Waals surface area (Å²) >= 11 is 1.60. The van der Waals surface area contributed by atoms with Crippen LogP contribution in [-0.4, -0.2) is 43.7 Å². The van der Waals surface area contributed by atoms with E-state index in [1.807, 2.05) is 54.8 Å². The highest BCUT2D eigenvalue weighted by Gasteiger charge is 2.37. The van der Waals surface area contributed by atoms with Gasteiger partial charge in [0.05, 0.1) is 5.92 Å². The smallest absolute Gasteiger partial charge is 0.311 e. The number of hydrogen-bond donors (Lipinski definition) is 0. The predicted octanol–water partition coefficient (Wildman–Crippen LogP) is 2.89. The van der Waals surface area contributed by atoms with Crippen LogP contribution in [0.2, 0.25) is 0 Å². The van der Waals surface area contributed by atoms with Crippen LogP contribution in [-0.2, 0) is 25.5 Å². The maximum absolute atomic E-state index is 12.5. The summed E-state index contributed by atoms with van der Waals surface area (Å²) < 4.78 is 5.28. The Morgan fingerprint density at radius 2 is 2.00 bits per heavy atom. The van der Waals surface area contributed by atoms with E-state index in [-0.39, 0.29) is 31.4 Å². The number of rotatable bonds is 5. The summed E-state index contributed by atoms with van der Waals surface area (Å²) in [7, 11) is 0. The first-order valence-electron chi connectivity index (χ1n) is 9.56. The average molecular weight is 410 g/mol. The number of carbonyl (C=O) groups excluding carboxylic acids is 3. The molecule has 1 fully saturated rings. The summed E-state index contributed by atoms with van der Waals surface area (Å²) in [6.45, 7) is 0.563. The molecule has 1 saturated heterocycles. The zero-order chi connectivity index (χ0) is 20.4. The standard InChI is InChI=1S/C22H22N2O4S/c1-29-18-7-4-6-17(12-18)24-13-16(11-20(24)25)22(27)28-14-21(26)23-10-9-15-5-2-3-8-19(15)23/h2-8,12,16H,9-11,13-14H2,1H3/t16-/m0/s1. The summed E-state index contributed by atoms with van der Waals surface area (Å²) in [5.74, 6) is -1.40. The summed E-state index contributed by atoms with van der Waals surface area (Å²) in [4.78, 5) is 41.7. The van der Waals surface area contributed by atoms with Crippen molar-refractivity contribution in [2.75, 3.05) is 35.8 Å². The Morgan fingerprint density at radius 3 is 2.83 bits per heavy atom. The van der Waals surface area contributed by atoms with Crippen molar-refractivity contribution in [3.63, 3.8) is 0 Å². The Morgan fingerprint density at radius 1 is 1.17 bits per heavy atom. The third kappa shape index (κ3) is 4.00. The van der Waals surface area contributed by atoms with Crippen molar-refractivity contribution in [3.05, 3.63) is 54.1 Å². The molecule has 0 saturated carbocycles. The molecule has 0 bridgehead atoms. The van der Waals surface area contributed by atoms with Gasteiger partial charge in [-0.3, -0.25) is 14.4 Å². The van der Waals surface area contributed by atoms with Crippen molar-refractivity contribution in [2.45, 2.75) is 17.7 Å². The fraction of sp³-hybridized carbons (Fsp3) is 0.318. The lowest BCUT2D eigenvalue weighted by Gasteiger charge is -2.18. The highest BCUT2D eigenvalue weighted by atomic mass is 32.2. The molecular weight excluding hydrogens is 388 g/mol. The molecule has 2 aromatic carbocycles. The SMILES string of the molecule is CSc1cccc(N2C[C@@H](C(=O)OCC(=O)N3CCc4ccccc43)CC2=O)c1. The lowest BCUT2D eigenvalue weighted by Crippen LogP contribution is -2.34. The quantitative estimate of drug-likeness (QED) is 0.560. The van der Waals surface area contributed by atoms with Crippen molar-refractivity contribution in [2.24, 2.45) is 5.92 Å². The summed E-state index contributed by atoms with van der Waals surface area (Å²) in [5.41, 5.74) is 2.78. The maximum Gasteiger partial charge on any atom is 0.311 e. The number of esters is 1. The zero-order valence-corrected chi connectivity index (χ0v) is 17.0. The number of carbonyl (C=O) groups is 3. The molecule has 2 heterocycles. The molecule has 2 amide bonds. The van der Waals surface area contributed by atoms with Gasteiger partial charge in [0.15, 0.2) is 6.61 Å². The van der Waals surface area contributed by atoms with Gasteiger partial charge in [-0.05, 0) is 42.5 Å². The minimum absolute atomic E-state index is 0.100. The molecule has 0 radical (unpaired) electrons. The van der Waals surface area contributed by atoms with Crippen molar-refractivity contribution in [1.82, 2.24) is 0 Å². The van der Waals surface area contributed by atoms with Crippen LogP contribution in [0.1, 0.15) is 12.0 Å². The normalized spacial score (nSPS) is 18.1. The molecule has 2 aromatic rings. The van der Waals surface area contributed by atoms with Crippen LogP contribution in [0, 0.1) is 5.92 Å².